The van der Waals surface area contributed by atoms with Crippen LogP contribution in [0.2, 0.25) is 0 Å². The second-order valence-corrected chi connectivity index (χ2v) is 9.53. The molecule has 1 rings (SSSR count). The first-order chi connectivity index (χ1) is 16.2. The fourth-order valence-electron chi connectivity index (χ4n) is 4.60. The Hall–Kier alpha value is -2.00. The smallest absolute Gasteiger partial charge is 0.294 e. The molecule has 34 heavy (non-hydrogen) atoms. The lowest BCUT2D eigenvalue weighted by atomic mass is 9.86. The SMILES string of the molecule is CCCCCCCC(=O)CC[C@@H]1[C@@H](C/C=C\CCCC(=O)NC(C)CO[N+](=O)[O-])[C@@H](O)C[C@H]1O. The summed E-state index contributed by atoms with van der Waals surface area (Å²) in [7, 11) is 0. The molecule has 0 aromatic carbocycles. The van der Waals surface area contributed by atoms with Crippen molar-refractivity contribution in [2.24, 2.45) is 11.8 Å². The van der Waals surface area contributed by atoms with Crippen molar-refractivity contribution in [1.82, 2.24) is 5.32 Å². The van der Waals surface area contributed by atoms with Crippen molar-refractivity contribution in [3.8, 4) is 0 Å². The standard InChI is InChI=1S/C25H44N2O7/c1-3-4-5-6-9-12-20(28)15-16-22-21(23(29)17-24(22)30)13-10-7-8-11-14-25(31)26-19(2)18-34-27(32)33/h7,10,19,21-24,29-30H,3-6,8-9,11-18H2,1-2H3,(H,26,31)/b10-7-/t19?,21-,22-,23+,24-/m1/s1. The number of Topliss-reactive ketones (excluding diaryl/α,β-unsaturated/α-hetero) is 1. The molecule has 0 saturated heterocycles. The highest BCUT2D eigenvalue weighted by molar-refractivity contribution is 5.78. The molecule has 1 unspecified atom stereocenters. The quantitative estimate of drug-likeness (QED) is 0.109. The third-order valence-electron chi connectivity index (χ3n) is 6.52. The number of allylic oxidation sites excluding steroid dienone is 2. The van der Waals surface area contributed by atoms with E-state index in [-0.39, 0.29) is 30.1 Å². The van der Waals surface area contributed by atoms with Gasteiger partial charge >= 0.3 is 0 Å². The fraction of sp³-hybridized carbons (Fsp3) is 0.840. The molecule has 0 aromatic rings. The van der Waals surface area contributed by atoms with Crippen LogP contribution in [0.15, 0.2) is 12.2 Å². The van der Waals surface area contributed by atoms with E-state index < -0.39 is 23.3 Å². The van der Waals surface area contributed by atoms with Crippen LogP contribution in [0.5, 0.6) is 0 Å². The topological polar surface area (TPSA) is 139 Å². The molecule has 9 heteroatoms. The summed E-state index contributed by atoms with van der Waals surface area (Å²) in [5.74, 6) is -0.0686. The van der Waals surface area contributed by atoms with Crippen LogP contribution in [0.25, 0.3) is 0 Å². The van der Waals surface area contributed by atoms with E-state index in [1.165, 1.54) is 19.3 Å². The maximum Gasteiger partial charge on any atom is 0.294 e. The normalized spacial score (nSPS) is 23.2. The number of unbranched alkanes of at least 4 members (excludes halogenated alkanes) is 5. The molecule has 1 aliphatic rings. The molecule has 1 fully saturated rings. The zero-order valence-corrected chi connectivity index (χ0v) is 20.8. The third-order valence-corrected chi connectivity index (χ3v) is 6.52. The van der Waals surface area contributed by atoms with Crippen molar-refractivity contribution in [3.05, 3.63) is 22.3 Å². The van der Waals surface area contributed by atoms with E-state index in [0.29, 0.717) is 51.4 Å². The van der Waals surface area contributed by atoms with Crippen LogP contribution in [0, 0.1) is 22.0 Å². The number of aliphatic hydroxyl groups is 2. The average molecular weight is 485 g/mol. The van der Waals surface area contributed by atoms with Crippen LogP contribution >= 0.6 is 0 Å². The van der Waals surface area contributed by atoms with Gasteiger partial charge in [0.05, 0.1) is 12.2 Å². The van der Waals surface area contributed by atoms with E-state index in [2.05, 4.69) is 17.1 Å². The Morgan fingerprint density at radius 2 is 1.76 bits per heavy atom. The lowest BCUT2D eigenvalue weighted by Gasteiger charge is -2.22. The first-order valence-electron chi connectivity index (χ1n) is 12.8. The van der Waals surface area contributed by atoms with Gasteiger partial charge in [0.2, 0.25) is 5.91 Å². The number of hydrogen-bond donors (Lipinski definition) is 3. The summed E-state index contributed by atoms with van der Waals surface area (Å²) < 4.78 is 0. The summed E-state index contributed by atoms with van der Waals surface area (Å²) >= 11 is 0. The van der Waals surface area contributed by atoms with Gasteiger partial charge in [-0.2, -0.15) is 0 Å². The van der Waals surface area contributed by atoms with Crippen LogP contribution in [0.3, 0.4) is 0 Å². The van der Waals surface area contributed by atoms with Crippen LogP contribution < -0.4 is 5.32 Å². The number of ketones is 1. The van der Waals surface area contributed by atoms with Crippen molar-refractivity contribution in [2.45, 2.75) is 116 Å². The zero-order chi connectivity index (χ0) is 25.3. The van der Waals surface area contributed by atoms with E-state index in [1.54, 1.807) is 6.92 Å². The van der Waals surface area contributed by atoms with Gasteiger partial charge in [-0.25, -0.2) is 0 Å². The lowest BCUT2D eigenvalue weighted by Crippen LogP contribution is -2.36. The molecule has 0 aliphatic heterocycles. The molecule has 0 bridgehead atoms. The van der Waals surface area contributed by atoms with Crippen LogP contribution in [-0.2, 0) is 14.4 Å². The van der Waals surface area contributed by atoms with Crippen molar-refractivity contribution in [3.63, 3.8) is 0 Å². The van der Waals surface area contributed by atoms with E-state index in [4.69, 9.17) is 0 Å². The predicted octanol–water partition coefficient (Wildman–Crippen LogP) is 3.88. The lowest BCUT2D eigenvalue weighted by molar-refractivity contribution is -0.758. The molecule has 3 N–H and O–H groups in total. The Bertz CT molecular complexity index is 641. The third kappa shape index (κ3) is 13.0. The maximum atomic E-state index is 12.2. The number of aliphatic hydroxyl groups excluding tert-OH is 2. The highest BCUT2D eigenvalue weighted by Gasteiger charge is 2.40. The van der Waals surface area contributed by atoms with E-state index in [0.717, 1.165) is 12.8 Å². The Morgan fingerprint density at radius 1 is 1.06 bits per heavy atom. The summed E-state index contributed by atoms with van der Waals surface area (Å²) in [6.07, 6.45) is 12.7. The van der Waals surface area contributed by atoms with Gasteiger partial charge in [0, 0.05) is 25.3 Å². The number of nitrogens with one attached hydrogen (secondary N) is 1. The minimum atomic E-state index is -0.883. The second kappa shape index (κ2) is 17.4. The summed E-state index contributed by atoms with van der Waals surface area (Å²) in [6.45, 7) is 3.63. The van der Waals surface area contributed by atoms with E-state index in [9.17, 15) is 29.9 Å². The summed E-state index contributed by atoms with van der Waals surface area (Å²) in [5, 5.41) is 32.7. The van der Waals surface area contributed by atoms with Gasteiger partial charge < -0.3 is 20.4 Å². The molecular weight excluding hydrogens is 440 g/mol. The zero-order valence-electron chi connectivity index (χ0n) is 20.8. The van der Waals surface area contributed by atoms with Gasteiger partial charge in [0.25, 0.3) is 5.09 Å². The summed E-state index contributed by atoms with van der Waals surface area (Å²) in [5.41, 5.74) is 0. The Labute approximate surface area is 203 Å². The van der Waals surface area contributed by atoms with E-state index in [1.807, 2.05) is 12.2 Å². The van der Waals surface area contributed by atoms with Crippen LogP contribution in [0.1, 0.15) is 97.3 Å². The van der Waals surface area contributed by atoms with Gasteiger partial charge in [-0.3, -0.25) is 9.59 Å². The summed E-state index contributed by atoms with van der Waals surface area (Å²) in [6, 6.07) is -0.436. The number of rotatable bonds is 19. The van der Waals surface area contributed by atoms with Crippen molar-refractivity contribution < 1.29 is 29.7 Å². The van der Waals surface area contributed by atoms with Gasteiger partial charge in [-0.05, 0) is 57.3 Å². The second-order valence-electron chi connectivity index (χ2n) is 9.53. The highest BCUT2D eigenvalue weighted by atomic mass is 16.9. The number of amides is 1. The van der Waals surface area contributed by atoms with Gasteiger partial charge in [0.15, 0.2) is 0 Å². The number of carbonyl (C=O) groups excluding carboxylic acids is 2. The highest BCUT2D eigenvalue weighted by Crippen LogP contribution is 2.38. The molecule has 0 heterocycles. The Balaban J connectivity index is 2.28. The van der Waals surface area contributed by atoms with Crippen molar-refractivity contribution >= 4 is 11.7 Å². The van der Waals surface area contributed by atoms with Gasteiger partial charge in [-0.1, -0.05) is 44.8 Å². The Kier molecular flexibility index (Phi) is 15.4. The predicted molar refractivity (Wildman–Crippen MR) is 129 cm³/mol. The van der Waals surface area contributed by atoms with Gasteiger partial charge in [-0.15, -0.1) is 10.1 Å². The Morgan fingerprint density at radius 3 is 2.47 bits per heavy atom. The minimum Gasteiger partial charge on any atom is -0.393 e. The summed E-state index contributed by atoms with van der Waals surface area (Å²) in [4.78, 5) is 38.5. The molecule has 0 radical (unpaired) electrons. The molecule has 1 amide bonds. The molecule has 5 atom stereocenters. The molecule has 0 spiro atoms. The molecule has 9 nitrogen and oxygen atoms in total. The molecule has 196 valence electrons. The van der Waals surface area contributed by atoms with Gasteiger partial charge in [0.1, 0.15) is 12.4 Å². The monoisotopic (exact) mass is 484 g/mol. The first kappa shape index (κ1) is 30.0. The van der Waals surface area contributed by atoms with Crippen molar-refractivity contribution in [2.75, 3.05) is 6.61 Å². The van der Waals surface area contributed by atoms with Crippen LogP contribution in [0.4, 0.5) is 0 Å². The minimum absolute atomic E-state index is 0.0608. The number of carbonyl (C=O) groups is 2. The largest absolute Gasteiger partial charge is 0.393 e. The average Bonchev–Trinajstić information content (AvgIpc) is 3.05. The molecule has 1 saturated carbocycles. The first-order valence-corrected chi connectivity index (χ1v) is 12.8. The van der Waals surface area contributed by atoms with Crippen molar-refractivity contribution in [1.29, 1.82) is 0 Å². The maximum absolute atomic E-state index is 12.2. The number of nitrogens with zero attached hydrogens (tertiary/aromatic N) is 1. The fourth-order valence-corrected chi connectivity index (χ4v) is 4.60. The number of hydrogen-bond acceptors (Lipinski definition) is 7. The van der Waals surface area contributed by atoms with Crippen LogP contribution in [-0.4, -0.2) is 51.8 Å². The molecule has 1 aliphatic carbocycles. The van der Waals surface area contributed by atoms with E-state index >= 15 is 0 Å². The molecule has 0 aromatic heterocycles. The molecular formula is C25H44N2O7.